The van der Waals surface area contributed by atoms with Gasteiger partial charge in [-0.25, -0.2) is 9.18 Å². The molecule has 4 heteroatoms. The zero-order valence-corrected chi connectivity index (χ0v) is 10.5. The molecule has 0 radical (unpaired) electrons. The van der Waals surface area contributed by atoms with Gasteiger partial charge in [0.05, 0.1) is 6.61 Å². The molecular formula is C14H18FNO2. The number of ether oxygens (including phenoxy) is 1. The van der Waals surface area contributed by atoms with E-state index in [-0.39, 0.29) is 11.8 Å². The van der Waals surface area contributed by atoms with Crippen LogP contribution in [0.15, 0.2) is 36.4 Å². The number of nitrogens with one attached hydrogen (secondary N) is 1. The van der Waals surface area contributed by atoms with Crippen molar-refractivity contribution in [2.45, 2.75) is 13.3 Å². The summed E-state index contributed by atoms with van der Waals surface area (Å²) in [5.41, 5.74) is 0.955. The second-order valence-electron chi connectivity index (χ2n) is 3.74. The lowest BCUT2D eigenvalue weighted by atomic mass is 10.1. The molecule has 0 heterocycles. The Morgan fingerprint density at radius 3 is 3.06 bits per heavy atom. The molecule has 1 aromatic rings. The second-order valence-corrected chi connectivity index (χ2v) is 3.74. The highest BCUT2D eigenvalue weighted by Crippen LogP contribution is 2.03. The largest absolute Gasteiger partial charge is 0.463 e. The number of hydrogen-bond acceptors (Lipinski definition) is 3. The van der Waals surface area contributed by atoms with Gasteiger partial charge in [0.1, 0.15) is 5.82 Å². The van der Waals surface area contributed by atoms with Crippen molar-refractivity contribution in [3.63, 3.8) is 0 Å². The Balaban J connectivity index is 2.14. The van der Waals surface area contributed by atoms with Crippen LogP contribution in [0.1, 0.15) is 12.5 Å². The standard InChI is InChI=1S/C14H18FNO2/c1-2-18-14(17)7-4-9-16-10-8-12-5-3-6-13(15)11-12/h3-7,11,16H,2,8-10H2,1H3/b7-4+. The van der Waals surface area contributed by atoms with E-state index in [4.69, 9.17) is 4.74 Å². The van der Waals surface area contributed by atoms with Gasteiger partial charge in [-0.2, -0.15) is 0 Å². The number of carbonyl (C=O) groups is 1. The molecule has 0 saturated heterocycles. The van der Waals surface area contributed by atoms with Crippen molar-refractivity contribution in [1.29, 1.82) is 0 Å². The monoisotopic (exact) mass is 251 g/mol. The van der Waals surface area contributed by atoms with Crippen molar-refractivity contribution in [1.82, 2.24) is 5.32 Å². The minimum absolute atomic E-state index is 0.213. The molecule has 0 aromatic heterocycles. The van der Waals surface area contributed by atoms with E-state index in [9.17, 15) is 9.18 Å². The van der Waals surface area contributed by atoms with Crippen LogP contribution in [0.25, 0.3) is 0 Å². The second kappa shape index (κ2) is 8.42. The molecule has 0 bridgehead atoms. The van der Waals surface area contributed by atoms with E-state index in [1.54, 1.807) is 19.1 Å². The van der Waals surface area contributed by atoms with Gasteiger partial charge in [0.15, 0.2) is 0 Å². The average Bonchev–Trinajstić information content (AvgIpc) is 2.34. The zero-order chi connectivity index (χ0) is 13.2. The van der Waals surface area contributed by atoms with Gasteiger partial charge in [-0.3, -0.25) is 0 Å². The summed E-state index contributed by atoms with van der Waals surface area (Å²) in [4.78, 5) is 11.0. The minimum Gasteiger partial charge on any atom is -0.463 e. The molecule has 3 nitrogen and oxygen atoms in total. The predicted molar refractivity (Wildman–Crippen MR) is 68.7 cm³/mol. The Morgan fingerprint density at radius 1 is 1.50 bits per heavy atom. The zero-order valence-electron chi connectivity index (χ0n) is 10.5. The third-order valence-corrected chi connectivity index (χ3v) is 2.28. The van der Waals surface area contributed by atoms with Gasteiger partial charge in [-0.15, -0.1) is 0 Å². The minimum atomic E-state index is -0.329. The molecule has 1 aromatic carbocycles. The fourth-order valence-electron chi connectivity index (χ4n) is 1.46. The maximum atomic E-state index is 12.9. The van der Waals surface area contributed by atoms with E-state index in [1.165, 1.54) is 18.2 Å². The number of esters is 1. The van der Waals surface area contributed by atoms with Gasteiger partial charge in [0, 0.05) is 12.6 Å². The Hall–Kier alpha value is -1.68. The third-order valence-electron chi connectivity index (χ3n) is 2.28. The van der Waals surface area contributed by atoms with Crippen LogP contribution in [0.3, 0.4) is 0 Å². The lowest BCUT2D eigenvalue weighted by Gasteiger charge is -2.02. The molecule has 0 aliphatic carbocycles. The van der Waals surface area contributed by atoms with Gasteiger partial charge < -0.3 is 10.1 Å². The average molecular weight is 251 g/mol. The van der Waals surface area contributed by atoms with Gasteiger partial charge >= 0.3 is 5.97 Å². The van der Waals surface area contributed by atoms with E-state index in [0.29, 0.717) is 13.2 Å². The van der Waals surface area contributed by atoms with Crippen molar-refractivity contribution in [3.8, 4) is 0 Å². The SMILES string of the molecule is CCOC(=O)/C=C/CNCCc1cccc(F)c1. The molecule has 0 saturated carbocycles. The number of halogens is 1. The fourth-order valence-corrected chi connectivity index (χ4v) is 1.46. The van der Waals surface area contributed by atoms with Crippen molar-refractivity contribution in [3.05, 3.63) is 47.8 Å². The highest BCUT2D eigenvalue weighted by molar-refractivity contribution is 5.81. The first-order chi connectivity index (χ1) is 8.72. The molecule has 1 N–H and O–H groups in total. The molecule has 0 aliphatic heterocycles. The summed E-state index contributed by atoms with van der Waals surface area (Å²) in [6.45, 7) is 3.48. The molecule has 0 unspecified atom stereocenters. The van der Waals surface area contributed by atoms with Crippen LogP contribution in [0, 0.1) is 5.82 Å². The molecule has 18 heavy (non-hydrogen) atoms. The highest BCUT2D eigenvalue weighted by atomic mass is 19.1. The third kappa shape index (κ3) is 6.15. The smallest absolute Gasteiger partial charge is 0.330 e. The van der Waals surface area contributed by atoms with Gasteiger partial charge in [-0.05, 0) is 37.6 Å². The summed E-state index contributed by atoms with van der Waals surface area (Å²) < 4.78 is 17.6. The van der Waals surface area contributed by atoms with Crippen LogP contribution in [0.5, 0.6) is 0 Å². The van der Waals surface area contributed by atoms with E-state index < -0.39 is 0 Å². The van der Waals surface area contributed by atoms with Crippen LogP contribution in [0.2, 0.25) is 0 Å². The molecule has 0 fully saturated rings. The first kappa shape index (κ1) is 14.4. The van der Waals surface area contributed by atoms with Gasteiger partial charge in [-0.1, -0.05) is 18.2 Å². The molecule has 0 spiro atoms. The normalized spacial score (nSPS) is 10.8. The highest BCUT2D eigenvalue weighted by Gasteiger charge is 1.95. The fraction of sp³-hybridized carbons (Fsp3) is 0.357. The summed E-state index contributed by atoms with van der Waals surface area (Å²) in [7, 11) is 0. The summed E-state index contributed by atoms with van der Waals surface area (Å²) >= 11 is 0. The molecule has 1 rings (SSSR count). The Labute approximate surface area is 107 Å². The van der Waals surface area contributed by atoms with Gasteiger partial charge in [0.25, 0.3) is 0 Å². The lowest BCUT2D eigenvalue weighted by molar-refractivity contribution is -0.137. The van der Waals surface area contributed by atoms with E-state index in [2.05, 4.69) is 5.32 Å². The first-order valence-electron chi connectivity index (χ1n) is 6.01. The van der Waals surface area contributed by atoms with E-state index >= 15 is 0 Å². The van der Waals surface area contributed by atoms with Crippen molar-refractivity contribution >= 4 is 5.97 Å². The van der Waals surface area contributed by atoms with Crippen LogP contribution in [0.4, 0.5) is 4.39 Å². The molecule has 0 aliphatic rings. The Kier molecular flexibility index (Phi) is 6.72. The maximum absolute atomic E-state index is 12.9. The van der Waals surface area contributed by atoms with Crippen LogP contribution >= 0.6 is 0 Å². The van der Waals surface area contributed by atoms with Crippen molar-refractivity contribution in [2.24, 2.45) is 0 Å². The van der Waals surface area contributed by atoms with Crippen molar-refractivity contribution in [2.75, 3.05) is 19.7 Å². The van der Waals surface area contributed by atoms with Crippen molar-refractivity contribution < 1.29 is 13.9 Å². The Morgan fingerprint density at radius 2 is 2.33 bits per heavy atom. The van der Waals surface area contributed by atoms with Crippen LogP contribution in [-0.4, -0.2) is 25.7 Å². The number of benzene rings is 1. The topological polar surface area (TPSA) is 38.3 Å². The molecule has 0 atom stereocenters. The summed E-state index contributed by atoms with van der Waals surface area (Å²) in [6, 6.07) is 6.54. The number of carbonyl (C=O) groups excluding carboxylic acids is 1. The predicted octanol–water partition coefficient (Wildman–Crippen LogP) is 2.08. The molecular weight excluding hydrogens is 233 g/mol. The van der Waals surface area contributed by atoms with Crippen LogP contribution in [-0.2, 0) is 16.0 Å². The summed E-state index contributed by atoms with van der Waals surface area (Å²) in [5, 5.41) is 3.13. The molecule has 98 valence electrons. The number of hydrogen-bond donors (Lipinski definition) is 1. The first-order valence-corrected chi connectivity index (χ1v) is 6.01. The van der Waals surface area contributed by atoms with E-state index in [1.807, 2.05) is 6.07 Å². The quantitative estimate of drug-likeness (QED) is 0.458. The van der Waals surface area contributed by atoms with Gasteiger partial charge in [0.2, 0.25) is 0 Å². The van der Waals surface area contributed by atoms with E-state index in [0.717, 1.165) is 18.5 Å². The lowest BCUT2D eigenvalue weighted by Crippen LogP contribution is -2.17. The number of rotatable bonds is 7. The molecule has 0 amide bonds. The Bertz CT molecular complexity index is 405. The van der Waals surface area contributed by atoms with Crippen LogP contribution < -0.4 is 5.32 Å². The maximum Gasteiger partial charge on any atom is 0.330 e. The summed E-state index contributed by atoms with van der Waals surface area (Å²) in [6.07, 6.45) is 3.87. The summed E-state index contributed by atoms with van der Waals surface area (Å²) in [5.74, 6) is -0.542.